The van der Waals surface area contributed by atoms with E-state index in [4.69, 9.17) is 11.6 Å². The zero-order valence-corrected chi connectivity index (χ0v) is 10.3. The largest absolute Gasteiger partial charge is 0.143 e. The number of halogens is 2. The lowest BCUT2D eigenvalue weighted by Gasteiger charge is -1.98. The van der Waals surface area contributed by atoms with E-state index in [2.05, 4.69) is 27.4 Å². The van der Waals surface area contributed by atoms with E-state index in [-0.39, 0.29) is 0 Å². The van der Waals surface area contributed by atoms with Crippen molar-refractivity contribution in [3.05, 3.63) is 33.7 Å². The van der Waals surface area contributed by atoms with Crippen molar-refractivity contribution in [3.8, 4) is 0 Å². The monoisotopic (exact) mass is 274 g/mol. The first-order valence-corrected chi connectivity index (χ1v) is 6.32. The highest BCUT2D eigenvalue weighted by atomic mass is 79.9. The molecule has 0 aliphatic carbocycles. The summed E-state index contributed by atoms with van der Waals surface area (Å²) in [5.74, 6) is 0. The van der Waals surface area contributed by atoms with E-state index in [1.165, 1.54) is 15.6 Å². The van der Waals surface area contributed by atoms with Crippen LogP contribution in [0.15, 0.2) is 17.5 Å². The van der Waals surface area contributed by atoms with Crippen LogP contribution in [0.2, 0.25) is 5.02 Å². The van der Waals surface area contributed by atoms with Crippen LogP contribution < -0.4 is 0 Å². The molecule has 0 saturated carbocycles. The molecular weight excluding hydrogens is 268 g/mol. The molecule has 1 heterocycles. The van der Waals surface area contributed by atoms with Gasteiger partial charge in [0.05, 0.1) is 0 Å². The van der Waals surface area contributed by atoms with Crippen LogP contribution in [0, 0.1) is 6.92 Å². The molecule has 0 aliphatic rings. The van der Waals surface area contributed by atoms with Crippen LogP contribution in [0.25, 0.3) is 10.1 Å². The molecule has 0 N–H and O–H groups in total. The van der Waals surface area contributed by atoms with Gasteiger partial charge >= 0.3 is 0 Å². The highest BCUT2D eigenvalue weighted by Gasteiger charge is 2.05. The number of rotatable bonds is 1. The van der Waals surface area contributed by atoms with Crippen LogP contribution in [0.4, 0.5) is 0 Å². The summed E-state index contributed by atoms with van der Waals surface area (Å²) in [5, 5.41) is 5.27. The summed E-state index contributed by atoms with van der Waals surface area (Å²) in [7, 11) is 0. The first kappa shape index (κ1) is 9.50. The van der Waals surface area contributed by atoms with Crippen molar-refractivity contribution < 1.29 is 0 Å². The molecule has 2 rings (SSSR count). The topological polar surface area (TPSA) is 0 Å². The number of fused-ring (bicyclic) bond motifs is 1. The van der Waals surface area contributed by atoms with Crippen LogP contribution in [0.1, 0.15) is 11.1 Å². The summed E-state index contributed by atoms with van der Waals surface area (Å²) < 4.78 is 1.27. The second kappa shape index (κ2) is 3.60. The first-order chi connectivity index (χ1) is 6.22. The van der Waals surface area contributed by atoms with E-state index in [1.54, 1.807) is 11.3 Å². The van der Waals surface area contributed by atoms with Gasteiger partial charge < -0.3 is 0 Å². The Morgan fingerprint density at radius 2 is 2.23 bits per heavy atom. The Hall–Kier alpha value is -0.0500. The molecule has 0 radical (unpaired) electrons. The minimum atomic E-state index is 0.857. The lowest BCUT2D eigenvalue weighted by atomic mass is 10.1. The minimum Gasteiger partial charge on any atom is -0.143 e. The molecule has 0 aliphatic heterocycles. The second-order valence-corrected chi connectivity index (χ2v) is 4.87. The SMILES string of the molecule is Cc1cc2c(CBr)csc2cc1Cl. The Balaban J connectivity index is 2.77. The quantitative estimate of drug-likeness (QED) is 0.658. The molecular formula is C10H8BrClS. The van der Waals surface area contributed by atoms with Gasteiger partial charge in [-0.2, -0.15) is 0 Å². The molecule has 0 amide bonds. The molecule has 68 valence electrons. The summed E-state index contributed by atoms with van der Waals surface area (Å²) in [4.78, 5) is 0. The van der Waals surface area contributed by atoms with Crippen molar-refractivity contribution in [1.82, 2.24) is 0 Å². The van der Waals surface area contributed by atoms with Gasteiger partial charge in [0.15, 0.2) is 0 Å². The van der Waals surface area contributed by atoms with E-state index in [0.717, 1.165) is 15.9 Å². The van der Waals surface area contributed by atoms with Gasteiger partial charge in [0, 0.05) is 15.1 Å². The Morgan fingerprint density at radius 3 is 2.92 bits per heavy atom. The lowest BCUT2D eigenvalue weighted by Crippen LogP contribution is -1.77. The van der Waals surface area contributed by atoms with Crippen molar-refractivity contribution in [1.29, 1.82) is 0 Å². The summed E-state index contributed by atoms with van der Waals surface area (Å²) in [5.41, 5.74) is 2.49. The summed E-state index contributed by atoms with van der Waals surface area (Å²) >= 11 is 11.3. The molecule has 1 aromatic carbocycles. The maximum Gasteiger partial charge on any atom is 0.0449 e. The molecule has 0 saturated heterocycles. The van der Waals surface area contributed by atoms with Crippen LogP contribution in [-0.4, -0.2) is 0 Å². The van der Waals surface area contributed by atoms with Gasteiger partial charge in [-0.1, -0.05) is 27.5 Å². The lowest BCUT2D eigenvalue weighted by molar-refractivity contribution is 1.48. The van der Waals surface area contributed by atoms with Crippen LogP contribution in [0.5, 0.6) is 0 Å². The fourth-order valence-corrected chi connectivity index (χ4v) is 3.20. The molecule has 0 unspecified atom stereocenters. The van der Waals surface area contributed by atoms with Crippen molar-refractivity contribution >= 4 is 49.0 Å². The molecule has 0 atom stereocenters. The van der Waals surface area contributed by atoms with Crippen molar-refractivity contribution in [2.24, 2.45) is 0 Å². The van der Waals surface area contributed by atoms with E-state index in [1.807, 2.05) is 13.0 Å². The molecule has 0 bridgehead atoms. The maximum atomic E-state index is 6.04. The zero-order chi connectivity index (χ0) is 9.42. The number of hydrogen-bond donors (Lipinski definition) is 0. The van der Waals surface area contributed by atoms with E-state index >= 15 is 0 Å². The standard InChI is InChI=1S/C10H8BrClS/c1-6-2-8-7(4-11)5-13-10(8)3-9(6)12/h2-3,5H,4H2,1H3. The molecule has 13 heavy (non-hydrogen) atoms. The van der Waals surface area contributed by atoms with Crippen molar-refractivity contribution in [2.45, 2.75) is 12.3 Å². The highest BCUT2D eigenvalue weighted by molar-refractivity contribution is 9.08. The van der Waals surface area contributed by atoms with E-state index < -0.39 is 0 Å². The number of hydrogen-bond acceptors (Lipinski definition) is 1. The molecule has 0 fully saturated rings. The molecule has 0 nitrogen and oxygen atoms in total. The Labute approximate surface area is 94.7 Å². The van der Waals surface area contributed by atoms with Gasteiger partial charge in [-0.25, -0.2) is 0 Å². The third kappa shape index (κ3) is 1.63. The fourth-order valence-electron chi connectivity index (χ4n) is 1.31. The summed E-state index contributed by atoms with van der Waals surface area (Å²) in [6, 6.07) is 4.20. The molecule has 0 spiro atoms. The van der Waals surface area contributed by atoms with Crippen LogP contribution in [-0.2, 0) is 5.33 Å². The van der Waals surface area contributed by atoms with E-state index in [9.17, 15) is 0 Å². The molecule has 2 aromatic rings. The third-order valence-corrected chi connectivity index (χ3v) is 4.08. The average molecular weight is 276 g/mol. The second-order valence-electron chi connectivity index (χ2n) is 2.99. The van der Waals surface area contributed by atoms with E-state index in [0.29, 0.717) is 0 Å². The summed E-state index contributed by atoms with van der Waals surface area (Å²) in [6.45, 7) is 2.04. The zero-order valence-electron chi connectivity index (χ0n) is 7.10. The van der Waals surface area contributed by atoms with Crippen molar-refractivity contribution in [3.63, 3.8) is 0 Å². The Morgan fingerprint density at radius 1 is 1.46 bits per heavy atom. The number of alkyl halides is 1. The number of thiophene rings is 1. The van der Waals surface area contributed by atoms with Gasteiger partial charge in [0.1, 0.15) is 0 Å². The summed E-state index contributed by atoms with van der Waals surface area (Å²) in [6.07, 6.45) is 0. The Kier molecular flexibility index (Phi) is 2.63. The van der Waals surface area contributed by atoms with Crippen LogP contribution in [0.3, 0.4) is 0 Å². The highest BCUT2D eigenvalue weighted by Crippen LogP contribution is 2.31. The van der Waals surface area contributed by atoms with Gasteiger partial charge in [-0.05, 0) is 40.9 Å². The predicted molar refractivity (Wildman–Crippen MR) is 64.2 cm³/mol. The third-order valence-electron chi connectivity index (χ3n) is 2.08. The maximum absolute atomic E-state index is 6.04. The normalized spacial score (nSPS) is 11.0. The Bertz CT molecular complexity index is 447. The molecule has 1 aromatic heterocycles. The van der Waals surface area contributed by atoms with Gasteiger partial charge in [-0.3, -0.25) is 0 Å². The number of aryl methyl sites for hydroxylation is 1. The predicted octanol–water partition coefficient (Wildman–Crippen LogP) is 4.76. The first-order valence-electron chi connectivity index (χ1n) is 3.94. The molecule has 3 heteroatoms. The van der Waals surface area contributed by atoms with Gasteiger partial charge in [-0.15, -0.1) is 11.3 Å². The van der Waals surface area contributed by atoms with Gasteiger partial charge in [0.25, 0.3) is 0 Å². The van der Waals surface area contributed by atoms with Crippen LogP contribution >= 0.6 is 38.9 Å². The van der Waals surface area contributed by atoms with Crippen molar-refractivity contribution in [2.75, 3.05) is 0 Å². The fraction of sp³-hybridized carbons (Fsp3) is 0.200. The smallest absolute Gasteiger partial charge is 0.0449 e. The number of benzene rings is 1. The average Bonchev–Trinajstić information content (AvgIpc) is 2.48. The van der Waals surface area contributed by atoms with Gasteiger partial charge in [0.2, 0.25) is 0 Å². The minimum absolute atomic E-state index is 0.857.